The number of anilines is 1. The van der Waals surface area contributed by atoms with E-state index >= 15 is 0 Å². The van der Waals surface area contributed by atoms with Crippen molar-refractivity contribution in [3.05, 3.63) is 48.8 Å². The molecule has 0 radical (unpaired) electrons. The summed E-state index contributed by atoms with van der Waals surface area (Å²) in [5.74, 6) is 1.49. The maximum atomic E-state index is 5.62. The van der Waals surface area contributed by atoms with E-state index in [1.165, 1.54) is 0 Å². The monoisotopic (exact) mass is 216 g/mol. The third kappa shape index (κ3) is 3.61. The Kier molecular flexibility index (Phi) is 4.86. The molecule has 1 aromatic carbocycles. The lowest BCUT2D eigenvalue weighted by Gasteiger charge is -2.04. The van der Waals surface area contributed by atoms with Gasteiger partial charge < -0.3 is 10.5 Å². The number of rotatable bonds is 2. The van der Waals surface area contributed by atoms with Gasteiger partial charge in [0.2, 0.25) is 0 Å². The van der Waals surface area contributed by atoms with Crippen LogP contribution in [-0.2, 0) is 0 Å². The molecule has 0 saturated carbocycles. The van der Waals surface area contributed by atoms with Crippen molar-refractivity contribution in [2.75, 3.05) is 5.73 Å². The second kappa shape index (κ2) is 6.45. The third-order valence-corrected chi connectivity index (χ3v) is 1.74. The van der Waals surface area contributed by atoms with Crippen LogP contribution in [0, 0.1) is 0 Å². The third-order valence-electron chi connectivity index (χ3n) is 1.74. The highest BCUT2D eigenvalue weighted by molar-refractivity contribution is 5.44. The molecule has 2 aromatic rings. The smallest absolute Gasteiger partial charge is 0.130 e. The van der Waals surface area contributed by atoms with E-state index in [1.807, 2.05) is 32.0 Å². The van der Waals surface area contributed by atoms with Gasteiger partial charge in [-0.1, -0.05) is 19.9 Å². The first-order valence-electron chi connectivity index (χ1n) is 5.28. The van der Waals surface area contributed by atoms with Crippen LogP contribution in [-0.4, -0.2) is 4.98 Å². The second-order valence-corrected chi connectivity index (χ2v) is 2.86. The van der Waals surface area contributed by atoms with Crippen LogP contribution in [0.25, 0.3) is 0 Å². The average Bonchev–Trinajstić information content (AvgIpc) is 2.33. The second-order valence-electron chi connectivity index (χ2n) is 2.86. The van der Waals surface area contributed by atoms with Crippen LogP contribution >= 0.6 is 0 Å². The lowest BCUT2D eigenvalue weighted by atomic mass is 10.3. The number of hydrogen-bond donors (Lipinski definition) is 1. The Bertz CT molecular complexity index is 415. The molecule has 0 unspecified atom stereocenters. The molecule has 0 spiro atoms. The van der Waals surface area contributed by atoms with E-state index in [0.29, 0.717) is 5.69 Å². The lowest BCUT2D eigenvalue weighted by Crippen LogP contribution is -1.87. The molecule has 0 aliphatic heterocycles. The summed E-state index contributed by atoms with van der Waals surface area (Å²) < 4.78 is 5.54. The fourth-order valence-electron chi connectivity index (χ4n) is 1.12. The fourth-order valence-corrected chi connectivity index (χ4v) is 1.12. The molecular formula is C13H16N2O. The average molecular weight is 216 g/mol. The first-order chi connectivity index (χ1) is 7.84. The van der Waals surface area contributed by atoms with E-state index in [2.05, 4.69) is 4.98 Å². The van der Waals surface area contributed by atoms with Gasteiger partial charge in [0.05, 0.1) is 0 Å². The fraction of sp³-hybridized carbons (Fsp3) is 0.154. The normalized spacial score (nSPS) is 8.88. The highest BCUT2D eigenvalue weighted by Gasteiger charge is 1.95. The van der Waals surface area contributed by atoms with Gasteiger partial charge in [-0.15, -0.1) is 0 Å². The van der Waals surface area contributed by atoms with Crippen LogP contribution in [0.3, 0.4) is 0 Å². The number of pyridine rings is 1. The molecule has 0 fully saturated rings. The van der Waals surface area contributed by atoms with Crippen LogP contribution < -0.4 is 10.5 Å². The van der Waals surface area contributed by atoms with E-state index in [9.17, 15) is 0 Å². The summed E-state index contributed by atoms with van der Waals surface area (Å²) in [5.41, 5.74) is 6.31. The highest BCUT2D eigenvalue weighted by atomic mass is 16.5. The highest BCUT2D eigenvalue weighted by Crippen LogP contribution is 2.21. The first kappa shape index (κ1) is 12.0. The van der Waals surface area contributed by atoms with Gasteiger partial charge in [0.1, 0.15) is 11.5 Å². The van der Waals surface area contributed by atoms with Crippen LogP contribution in [0.2, 0.25) is 0 Å². The van der Waals surface area contributed by atoms with Gasteiger partial charge in [0, 0.05) is 24.1 Å². The molecule has 2 rings (SSSR count). The number of hydrogen-bond acceptors (Lipinski definition) is 3. The standard InChI is InChI=1S/C11H10N2O.C2H6/c12-9-2-1-3-11(8-9)14-10-4-6-13-7-5-10;1-2/h1-8H,12H2;1-2H3. The van der Waals surface area contributed by atoms with Crippen LogP contribution in [0.1, 0.15) is 13.8 Å². The zero-order valence-electron chi connectivity index (χ0n) is 9.55. The van der Waals surface area contributed by atoms with Crippen LogP contribution in [0.4, 0.5) is 5.69 Å². The van der Waals surface area contributed by atoms with Crippen molar-refractivity contribution in [3.8, 4) is 11.5 Å². The molecule has 2 N–H and O–H groups in total. The van der Waals surface area contributed by atoms with Crippen LogP contribution in [0.5, 0.6) is 11.5 Å². The van der Waals surface area contributed by atoms with E-state index < -0.39 is 0 Å². The summed E-state index contributed by atoms with van der Waals surface area (Å²) in [6.45, 7) is 4.00. The number of ether oxygens (including phenoxy) is 1. The minimum absolute atomic E-state index is 0.691. The maximum Gasteiger partial charge on any atom is 0.130 e. The molecule has 1 heterocycles. The Labute approximate surface area is 95.9 Å². The topological polar surface area (TPSA) is 48.1 Å². The van der Waals surface area contributed by atoms with Gasteiger partial charge in [0.15, 0.2) is 0 Å². The molecule has 0 saturated heterocycles. The van der Waals surface area contributed by atoms with E-state index in [0.717, 1.165) is 11.5 Å². The summed E-state index contributed by atoms with van der Waals surface area (Å²) in [4.78, 5) is 3.90. The molecule has 3 heteroatoms. The van der Waals surface area contributed by atoms with Crippen LogP contribution in [0.15, 0.2) is 48.8 Å². The molecule has 0 aliphatic rings. The minimum Gasteiger partial charge on any atom is -0.457 e. The molecule has 1 aromatic heterocycles. The van der Waals surface area contributed by atoms with Crippen molar-refractivity contribution in [1.29, 1.82) is 0 Å². The number of nitrogen functional groups attached to an aromatic ring is 1. The van der Waals surface area contributed by atoms with Crippen molar-refractivity contribution < 1.29 is 4.74 Å². The summed E-state index contributed by atoms with van der Waals surface area (Å²) in [7, 11) is 0. The Morgan fingerprint density at radius 2 is 1.69 bits per heavy atom. The molecule has 16 heavy (non-hydrogen) atoms. The van der Waals surface area contributed by atoms with Gasteiger partial charge in [-0.2, -0.15) is 0 Å². The summed E-state index contributed by atoms with van der Waals surface area (Å²) in [6.07, 6.45) is 3.36. The minimum atomic E-state index is 0.691. The maximum absolute atomic E-state index is 5.62. The van der Waals surface area contributed by atoms with Crippen molar-refractivity contribution >= 4 is 5.69 Å². The first-order valence-corrected chi connectivity index (χ1v) is 5.28. The Hall–Kier alpha value is -2.03. The van der Waals surface area contributed by atoms with Crippen molar-refractivity contribution in [3.63, 3.8) is 0 Å². The lowest BCUT2D eigenvalue weighted by molar-refractivity contribution is 0.482. The number of aromatic nitrogens is 1. The van der Waals surface area contributed by atoms with Crippen molar-refractivity contribution in [2.45, 2.75) is 13.8 Å². The van der Waals surface area contributed by atoms with Crippen molar-refractivity contribution in [2.24, 2.45) is 0 Å². The SMILES string of the molecule is CC.Nc1cccc(Oc2ccncc2)c1. The predicted octanol–water partition coefficient (Wildman–Crippen LogP) is 3.48. The zero-order chi connectivity index (χ0) is 11.8. The zero-order valence-corrected chi connectivity index (χ0v) is 9.55. The van der Waals surface area contributed by atoms with E-state index in [4.69, 9.17) is 10.5 Å². The van der Waals surface area contributed by atoms with Gasteiger partial charge in [0.25, 0.3) is 0 Å². The number of nitrogens with two attached hydrogens (primary N) is 1. The Morgan fingerprint density at radius 3 is 2.31 bits per heavy atom. The van der Waals surface area contributed by atoms with Gasteiger partial charge in [-0.25, -0.2) is 0 Å². The largest absolute Gasteiger partial charge is 0.457 e. The predicted molar refractivity (Wildman–Crippen MR) is 66.5 cm³/mol. The molecular weight excluding hydrogens is 200 g/mol. The summed E-state index contributed by atoms with van der Waals surface area (Å²) >= 11 is 0. The molecule has 84 valence electrons. The van der Waals surface area contributed by atoms with Gasteiger partial charge in [-0.3, -0.25) is 4.98 Å². The summed E-state index contributed by atoms with van der Waals surface area (Å²) in [5, 5.41) is 0. The molecule has 0 aliphatic carbocycles. The molecule has 0 amide bonds. The van der Waals surface area contributed by atoms with Crippen molar-refractivity contribution in [1.82, 2.24) is 4.98 Å². The Morgan fingerprint density at radius 1 is 1.00 bits per heavy atom. The Balaban J connectivity index is 0.000000606. The number of nitrogens with zero attached hydrogens (tertiary/aromatic N) is 1. The molecule has 0 bridgehead atoms. The summed E-state index contributed by atoms with van der Waals surface area (Å²) in [6, 6.07) is 10.9. The van der Waals surface area contributed by atoms with E-state index in [1.54, 1.807) is 30.6 Å². The quantitative estimate of drug-likeness (QED) is 0.782. The van der Waals surface area contributed by atoms with Gasteiger partial charge in [-0.05, 0) is 24.3 Å². The van der Waals surface area contributed by atoms with Gasteiger partial charge >= 0.3 is 0 Å². The molecule has 0 atom stereocenters. The number of benzene rings is 1. The molecule has 3 nitrogen and oxygen atoms in total. The van der Waals surface area contributed by atoms with E-state index in [-0.39, 0.29) is 0 Å².